The lowest BCUT2D eigenvalue weighted by molar-refractivity contribution is 0.257. The van der Waals surface area contributed by atoms with Gasteiger partial charge in [-0.25, -0.2) is 4.79 Å². The minimum absolute atomic E-state index is 0.0345. The van der Waals surface area contributed by atoms with Crippen LogP contribution >= 0.6 is 0 Å². The molecule has 1 heterocycles. The van der Waals surface area contributed by atoms with E-state index in [1.54, 1.807) is 21.7 Å². The van der Waals surface area contributed by atoms with E-state index in [0.717, 1.165) is 11.1 Å². The molecular formula is C22H25N3O2. The molecular weight excluding hydrogens is 338 g/mol. The normalized spacial score (nSPS) is 11.0. The maximum absolute atomic E-state index is 12.9. The Morgan fingerprint density at radius 2 is 1.67 bits per heavy atom. The highest BCUT2D eigenvalue weighted by molar-refractivity contribution is 6.06. The summed E-state index contributed by atoms with van der Waals surface area (Å²) in [6.45, 7) is 7.20. The van der Waals surface area contributed by atoms with Gasteiger partial charge in [0, 0.05) is 35.7 Å². The Balaban J connectivity index is 2.02. The molecule has 0 aliphatic heterocycles. The molecule has 0 radical (unpaired) electrons. The molecule has 0 saturated carbocycles. The number of urea groups is 1. The summed E-state index contributed by atoms with van der Waals surface area (Å²) in [4.78, 5) is 27.4. The number of nitrogens with one attached hydrogen (secondary N) is 1. The zero-order valence-electron chi connectivity index (χ0n) is 16.0. The zero-order chi connectivity index (χ0) is 19.4. The number of rotatable bonds is 5. The largest absolute Gasteiger partial charge is 0.326 e. The van der Waals surface area contributed by atoms with Crippen molar-refractivity contribution in [1.29, 1.82) is 0 Å². The molecule has 5 heteroatoms. The highest BCUT2D eigenvalue weighted by Gasteiger charge is 2.16. The van der Waals surface area contributed by atoms with Gasteiger partial charge in [0.25, 0.3) is 5.56 Å². The van der Waals surface area contributed by atoms with Crippen molar-refractivity contribution in [3.8, 4) is 0 Å². The third kappa shape index (κ3) is 4.03. The number of para-hydroxylation sites is 1. The summed E-state index contributed by atoms with van der Waals surface area (Å²) in [6.07, 6.45) is 1.75. The van der Waals surface area contributed by atoms with Gasteiger partial charge in [-0.05, 0) is 31.0 Å². The van der Waals surface area contributed by atoms with Crippen LogP contribution in [0.25, 0.3) is 10.8 Å². The summed E-state index contributed by atoms with van der Waals surface area (Å²) in [5.74, 6) is 0.323. The summed E-state index contributed by atoms with van der Waals surface area (Å²) in [7, 11) is 0. The third-order valence-electron chi connectivity index (χ3n) is 4.43. The number of hydrogen-bond acceptors (Lipinski definition) is 2. The molecule has 2 aromatic carbocycles. The first-order valence-corrected chi connectivity index (χ1v) is 9.27. The lowest BCUT2D eigenvalue weighted by atomic mass is 10.1. The summed E-state index contributed by atoms with van der Waals surface area (Å²) in [5, 5.41) is 4.36. The Bertz CT molecular complexity index is 993. The molecule has 27 heavy (non-hydrogen) atoms. The van der Waals surface area contributed by atoms with Gasteiger partial charge in [-0.15, -0.1) is 0 Å². The third-order valence-corrected chi connectivity index (χ3v) is 4.43. The smallest absolute Gasteiger partial charge is 0.313 e. The Hall–Kier alpha value is -3.08. The van der Waals surface area contributed by atoms with Crippen molar-refractivity contribution in [2.24, 2.45) is 5.92 Å². The second-order valence-corrected chi connectivity index (χ2v) is 6.95. The second-order valence-electron chi connectivity index (χ2n) is 6.95. The molecule has 5 nitrogen and oxygen atoms in total. The summed E-state index contributed by atoms with van der Waals surface area (Å²) in [6, 6.07) is 16.7. The molecule has 0 unspecified atom stereocenters. The first kappa shape index (κ1) is 18.7. The van der Waals surface area contributed by atoms with Gasteiger partial charge in [0.15, 0.2) is 0 Å². The molecule has 1 aromatic heterocycles. The molecule has 140 valence electrons. The average molecular weight is 363 g/mol. The predicted molar refractivity (Wildman–Crippen MR) is 112 cm³/mol. The Kier molecular flexibility index (Phi) is 5.60. The fraction of sp³-hybridized carbons (Fsp3) is 0.273. The van der Waals surface area contributed by atoms with Crippen LogP contribution in [0.5, 0.6) is 0 Å². The van der Waals surface area contributed by atoms with E-state index < -0.39 is 0 Å². The van der Waals surface area contributed by atoms with E-state index in [9.17, 15) is 9.59 Å². The molecule has 0 bridgehead atoms. The number of nitrogens with zero attached hydrogens (tertiary/aromatic N) is 2. The van der Waals surface area contributed by atoms with Gasteiger partial charge in [-0.1, -0.05) is 50.2 Å². The van der Waals surface area contributed by atoms with Gasteiger partial charge in [-0.3, -0.25) is 9.69 Å². The van der Waals surface area contributed by atoms with Gasteiger partial charge in [0.2, 0.25) is 0 Å². The van der Waals surface area contributed by atoms with Crippen LogP contribution in [0.4, 0.5) is 16.2 Å². The first-order chi connectivity index (χ1) is 13.0. The fourth-order valence-electron chi connectivity index (χ4n) is 3.21. The number of carbonyl (C=O) groups excluding carboxylic acids is 1. The van der Waals surface area contributed by atoms with Crippen LogP contribution in [0.2, 0.25) is 0 Å². The molecule has 0 fully saturated rings. The molecule has 2 amide bonds. The number of aromatic nitrogens is 1. The van der Waals surface area contributed by atoms with Crippen LogP contribution in [-0.2, 0) is 6.54 Å². The Labute approximate surface area is 159 Å². The SMILES string of the molecule is CCN(C(=O)Nc1cn(CC(C)C)c(=O)c2ccccc12)c1ccccc1. The number of anilines is 2. The van der Waals surface area contributed by atoms with Crippen molar-refractivity contribution in [2.45, 2.75) is 27.3 Å². The van der Waals surface area contributed by atoms with Crippen molar-refractivity contribution in [2.75, 3.05) is 16.8 Å². The number of carbonyl (C=O) groups is 1. The standard InChI is InChI=1S/C22H25N3O2/c1-4-25(17-10-6-5-7-11-17)22(27)23-20-15-24(14-16(2)3)21(26)19-13-9-8-12-18(19)20/h5-13,15-16H,4,14H2,1-3H3,(H,23,27). The predicted octanol–water partition coefficient (Wildman–Crippen LogP) is 4.72. The van der Waals surface area contributed by atoms with Crippen LogP contribution in [0, 0.1) is 5.92 Å². The maximum Gasteiger partial charge on any atom is 0.326 e. The monoisotopic (exact) mass is 363 g/mol. The van der Waals surface area contributed by atoms with E-state index in [-0.39, 0.29) is 11.6 Å². The van der Waals surface area contributed by atoms with Gasteiger partial charge in [-0.2, -0.15) is 0 Å². The Morgan fingerprint density at radius 1 is 1.04 bits per heavy atom. The minimum atomic E-state index is -0.219. The highest BCUT2D eigenvalue weighted by Crippen LogP contribution is 2.22. The fourth-order valence-corrected chi connectivity index (χ4v) is 3.21. The lowest BCUT2D eigenvalue weighted by Gasteiger charge is -2.22. The number of benzene rings is 2. The molecule has 0 aliphatic rings. The Morgan fingerprint density at radius 3 is 2.30 bits per heavy atom. The first-order valence-electron chi connectivity index (χ1n) is 9.27. The number of fused-ring (bicyclic) bond motifs is 1. The molecule has 0 aliphatic carbocycles. The topological polar surface area (TPSA) is 54.3 Å². The highest BCUT2D eigenvalue weighted by atomic mass is 16.2. The van der Waals surface area contributed by atoms with E-state index in [2.05, 4.69) is 19.2 Å². The summed E-state index contributed by atoms with van der Waals surface area (Å²) < 4.78 is 1.68. The van der Waals surface area contributed by atoms with Crippen LogP contribution in [0.15, 0.2) is 65.6 Å². The van der Waals surface area contributed by atoms with E-state index >= 15 is 0 Å². The molecule has 3 rings (SSSR count). The van der Waals surface area contributed by atoms with Crippen molar-refractivity contribution in [1.82, 2.24) is 4.57 Å². The summed E-state index contributed by atoms with van der Waals surface area (Å²) in [5.41, 5.74) is 1.44. The van der Waals surface area contributed by atoms with Crippen molar-refractivity contribution in [3.63, 3.8) is 0 Å². The van der Waals surface area contributed by atoms with Crippen molar-refractivity contribution < 1.29 is 4.79 Å². The van der Waals surface area contributed by atoms with E-state index in [4.69, 9.17) is 0 Å². The van der Waals surface area contributed by atoms with Gasteiger partial charge in [0.1, 0.15) is 0 Å². The molecule has 0 atom stereocenters. The molecule has 1 N–H and O–H groups in total. The van der Waals surface area contributed by atoms with Crippen LogP contribution in [0.3, 0.4) is 0 Å². The summed E-state index contributed by atoms with van der Waals surface area (Å²) >= 11 is 0. The quantitative estimate of drug-likeness (QED) is 0.713. The van der Waals surface area contributed by atoms with Crippen LogP contribution in [-0.4, -0.2) is 17.1 Å². The van der Waals surface area contributed by atoms with E-state index in [1.165, 1.54) is 0 Å². The molecule has 0 saturated heterocycles. The lowest BCUT2D eigenvalue weighted by Crippen LogP contribution is -2.35. The number of hydrogen-bond donors (Lipinski definition) is 1. The minimum Gasteiger partial charge on any atom is -0.313 e. The van der Waals surface area contributed by atoms with Gasteiger partial charge >= 0.3 is 6.03 Å². The number of amides is 2. The molecule has 0 spiro atoms. The maximum atomic E-state index is 12.9. The second kappa shape index (κ2) is 8.08. The molecule has 3 aromatic rings. The van der Waals surface area contributed by atoms with E-state index in [0.29, 0.717) is 30.1 Å². The van der Waals surface area contributed by atoms with Gasteiger partial charge < -0.3 is 9.88 Å². The average Bonchev–Trinajstić information content (AvgIpc) is 2.66. The van der Waals surface area contributed by atoms with Crippen molar-refractivity contribution >= 4 is 28.2 Å². The van der Waals surface area contributed by atoms with E-state index in [1.807, 2.05) is 55.5 Å². The van der Waals surface area contributed by atoms with Gasteiger partial charge in [0.05, 0.1) is 5.69 Å². The van der Waals surface area contributed by atoms with Crippen molar-refractivity contribution in [3.05, 3.63) is 71.1 Å². The number of pyridine rings is 1. The van der Waals surface area contributed by atoms with Crippen LogP contribution < -0.4 is 15.8 Å². The zero-order valence-corrected chi connectivity index (χ0v) is 16.0. The van der Waals surface area contributed by atoms with Crippen LogP contribution in [0.1, 0.15) is 20.8 Å².